The zero-order valence-corrected chi connectivity index (χ0v) is 12.4. The predicted molar refractivity (Wildman–Crippen MR) is 79.1 cm³/mol. The Bertz CT molecular complexity index is 485. The van der Waals surface area contributed by atoms with E-state index in [2.05, 4.69) is 17.0 Å². The molecule has 2 N–H and O–H groups in total. The monoisotopic (exact) mass is 276 g/mol. The molecule has 0 amide bonds. The summed E-state index contributed by atoms with van der Waals surface area (Å²) in [6, 6.07) is 6.49. The van der Waals surface area contributed by atoms with Gasteiger partial charge in [0.1, 0.15) is 0 Å². The van der Waals surface area contributed by atoms with Crippen molar-refractivity contribution in [1.29, 1.82) is 0 Å². The molecule has 3 rings (SSSR count). The maximum absolute atomic E-state index is 6.33. The molecule has 0 bridgehead atoms. The van der Waals surface area contributed by atoms with Crippen LogP contribution in [-0.2, 0) is 6.54 Å². The first-order valence-electron chi connectivity index (χ1n) is 7.36. The lowest BCUT2D eigenvalue weighted by atomic mass is 9.66. The molecule has 4 heteroatoms. The number of benzene rings is 1. The van der Waals surface area contributed by atoms with Gasteiger partial charge in [-0.15, -0.1) is 0 Å². The average Bonchev–Trinajstić information content (AvgIpc) is 2.75. The van der Waals surface area contributed by atoms with Gasteiger partial charge in [-0.2, -0.15) is 0 Å². The number of methoxy groups -OCH3 is 2. The van der Waals surface area contributed by atoms with Crippen LogP contribution in [0.5, 0.6) is 11.5 Å². The number of rotatable bonds is 4. The van der Waals surface area contributed by atoms with Gasteiger partial charge in [-0.1, -0.05) is 12.5 Å². The SMILES string of the molecule is COc1ccc(CN2CC(N)C3(CCC3)C2)cc1OC. The summed E-state index contributed by atoms with van der Waals surface area (Å²) >= 11 is 0. The Hall–Kier alpha value is -1.26. The third kappa shape index (κ3) is 2.27. The molecule has 110 valence electrons. The number of ether oxygens (including phenoxy) is 2. The topological polar surface area (TPSA) is 47.7 Å². The van der Waals surface area contributed by atoms with Gasteiger partial charge < -0.3 is 15.2 Å². The molecule has 0 radical (unpaired) electrons. The van der Waals surface area contributed by atoms with E-state index in [-0.39, 0.29) is 0 Å². The summed E-state index contributed by atoms with van der Waals surface area (Å²) in [6.07, 6.45) is 3.95. The van der Waals surface area contributed by atoms with Crippen molar-refractivity contribution >= 4 is 0 Å². The summed E-state index contributed by atoms with van der Waals surface area (Å²) in [5, 5.41) is 0. The van der Waals surface area contributed by atoms with Gasteiger partial charge in [0.25, 0.3) is 0 Å². The molecule has 1 atom stereocenters. The molecule has 0 aromatic heterocycles. The molecule has 1 saturated carbocycles. The van der Waals surface area contributed by atoms with Crippen molar-refractivity contribution in [2.24, 2.45) is 11.1 Å². The van der Waals surface area contributed by atoms with Gasteiger partial charge in [-0.3, -0.25) is 4.90 Å². The Labute approximate surface area is 120 Å². The van der Waals surface area contributed by atoms with E-state index in [0.717, 1.165) is 31.1 Å². The third-order valence-electron chi connectivity index (χ3n) is 4.98. The summed E-state index contributed by atoms with van der Waals surface area (Å²) < 4.78 is 10.6. The van der Waals surface area contributed by atoms with E-state index < -0.39 is 0 Å². The second-order valence-electron chi connectivity index (χ2n) is 6.18. The van der Waals surface area contributed by atoms with Crippen LogP contribution in [0.1, 0.15) is 24.8 Å². The highest BCUT2D eigenvalue weighted by Crippen LogP contribution is 2.47. The average molecular weight is 276 g/mol. The number of nitrogens with two attached hydrogens (primary N) is 1. The van der Waals surface area contributed by atoms with Crippen molar-refractivity contribution < 1.29 is 9.47 Å². The first kappa shape index (κ1) is 13.7. The van der Waals surface area contributed by atoms with Crippen molar-refractivity contribution in [3.63, 3.8) is 0 Å². The maximum atomic E-state index is 6.33. The number of likely N-dealkylation sites (tertiary alicyclic amines) is 1. The summed E-state index contributed by atoms with van der Waals surface area (Å²) in [7, 11) is 3.34. The minimum absolute atomic E-state index is 0.344. The minimum atomic E-state index is 0.344. The zero-order chi connectivity index (χ0) is 14.2. The first-order valence-corrected chi connectivity index (χ1v) is 7.36. The summed E-state index contributed by atoms with van der Waals surface area (Å²) in [5.74, 6) is 1.58. The lowest BCUT2D eigenvalue weighted by molar-refractivity contribution is 0.122. The highest BCUT2D eigenvalue weighted by molar-refractivity contribution is 5.42. The van der Waals surface area contributed by atoms with E-state index >= 15 is 0 Å². The van der Waals surface area contributed by atoms with Gasteiger partial charge in [0, 0.05) is 25.7 Å². The van der Waals surface area contributed by atoms with Gasteiger partial charge in [0.15, 0.2) is 11.5 Å². The molecule has 4 nitrogen and oxygen atoms in total. The van der Waals surface area contributed by atoms with Crippen LogP contribution in [-0.4, -0.2) is 38.3 Å². The molecule has 1 unspecified atom stereocenters. The smallest absolute Gasteiger partial charge is 0.161 e. The standard InChI is InChI=1S/C16H24N2O2/c1-19-13-5-4-12(8-14(13)20-2)9-18-10-15(17)16(11-18)6-3-7-16/h4-5,8,15H,3,6-7,9-11,17H2,1-2H3. The summed E-state index contributed by atoms with van der Waals surface area (Å²) in [4.78, 5) is 2.48. The fourth-order valence-electron chi connectivity index (χ4n) is 3.62. The highest BCUT2D eigenvalue weighted by atomic mass is 16.5. The molecule has 1 aromatic carbocycles. The van der Waals surface area contributed by atoms with Gasteiger partial charge in [0.2, 0.25) is 0 Å². The van der Waals surface area contributed by atoms with Crippen LogP contribution in [0.2, 0.25) is 0 Å². The largest absolute Gasteiger partial charge is 0.493 e. The first-order chi connectivity index (χ1) is 9.66. The van der Waals surface area contributed by atoms with E-state index in [1.54, 1.807) is 14.2 Å². The van der Waals surface area contributed by atoms with E-state index in [1.165, 1.54) is 24.8 Å². The normalized spacial score (nSPS) is 24.6. The fourth-order valence-corrected chi connectivity index (χ4v) is 3.62. The second kappa shape index (κ2) is 5.26. The predicted octanol–water partition coefficient (Wildman–Crippen LogP) is 2.02. The Morgan fingerprint density at radius 1 is 1.25 bits per heavy atom. The van der Waals surface area contributed by atoms with Crippen LogP contribution in [0.25, 0.3) is 0 Å². The van der Waals surface area contributed by atoms with Crippen molar-refractivity contribution in [2.45, 2.75) is 31.8 Å². The molecule has 1 aromatic rings. The van der Waals surface area contributed by atoms with Crippen LogP contribution in [0, 0.1) is 5.41 Å². The molecule has 1 saturated heterocycles. The molecule has 20 heavy (non-hydrogen) atoms. The van der Waals surface area contributed by atoms with Crippen molar-refractivity contribution in [1.82, 2.24) is 4.90 Å². The van der Waals surface area contributed by atoms with Crippen LogP contribution in [0.15, 0.2) is 18.2 Å². The van der Waals surface area contributed by atoms with Gasteiger partial charge in [0.05, 0.1) is 14.2 Å². The summed E-state index contributed by atoms with van der Waals surface area (Å²) in [6.45, 7) is 3.09. The molecular weight excluding hydrogens is 252 g/mol. The van der Waals surface area contributed by atoms with E-state index in [4.69, 9.17) is 15.2 Å². The molecule has 1 aliphatic carbocycles. The quantitative estimate of drug-likeness (QED) is 0.914. The van der Waals surface area contributed by atoms with Crippen molar-refractivity contribution in [3.05, 3.63) is 23.8 Å². The number of hydrogen-bond donors (Lipinski definition) is 1. The van der Waals surface area contributed by atoms with E-state index in [0.29, 0.717) is 11.5 Å². The molecule has 2 aliphatic rings. The maximum Gasteiger partial charge on any atom is 0.161 e. The van der Waals surface area contributed by atoms with Crippen LogP contribution in [0.3, 0.4) is 0 Å². The molecule has 1 spiro atoms. The Morgan fingerprint density at radius 3 is 2.55 bits per heavy atom. The van der Waals surface area contributed by atoms with E-state index in [1.807, 2.05) is 6.07 Å². The number of hydrogen-bond acceptors (Lipinski definition) is 4. The fraction of sp³-hybridized carbons (Fsp3) is 0.625. The van der Waals surface area contributed by atoms with Gasteiger partial charge in [-0.05, 0) is 36.0 Å². The van der Waals surface area contributed by atoms with Crippen molar-refractivity contribution in [2.75, 3.05) is 27.3 Å². The third-order valence-corrected chi connectivity index (χ3v) is 4.98. The Balaban J connectivity index is 1.69. The summed E-state index contributed by atoms with van der Waals surface area (Å²) in [5.41, 5.74) is 8.00. The number of nitrogens with zero attached hydrogens (tertiary/aromatic N) is 1. The van der Waals surface area contributed by atoms with Crippen molar-refractivity contribution in [3.8, 4) is 11.5 Å². The zero-order valence-electron chi connectivity index (χ0n) is 12.4. The minimum Gasteiger partial charge on any atom is -0.493 e. The van der Waals surface area contributed by atoms with Crippen LogP contribution in [0.4, 0.5) is 0 Å². The van der Waals surface area contributed by atoms with E-state index in [9.17, 15) is 0 Å². The molecule has 1 aliphatic heterocycles. The Morgan fingerprint density at radius 2 is 2.00 bits per heavy atom. The van der Waals surface area contributed by atoms with Crippen LogP contribution < -0.4 is 15.2 Å². The molecule has 1 heterocycles. The van der Waals surface area contributed by atoms with Gasteiger partial charge >= 0.3 is 0 Å². The molecule has 2 fully saturated rings. The lowest BCUT2D eigenvalue weighted by Gasteiger charge is -2.41. The van der Waals surface area contributed by atoms with Crippen LogP contribution >= 0.6 is 0 Å². The molecular formula is C16H24N2O2. The lowest BCUT2D eigenvalue weighted by Crippen LogP contribution is -2.45. The second-order valence-corrected chi connectivity index (χ2v) is 6.18. The Kier molecular flexibility index (Phi) is 3.61. The van der Waals surface area contributed by atoms with Gasteiger partial charge in [-0.25, -0.2) is 0 Å². The highest BCUT2D eigenvalue weighted by Gasteiger charge is 2.48.